The number of carbonyl (C=O) groups is 3. The number of esters is 3. The number of ether oxygens (including phenoxy) is 3. The molecule has 4 aromatic rings. The fourth-order valence-electron chi connectivity index (χ4n) is 3.41. The van der Waals surface area contributed by atoms with Crippen LogP contribution in [0, 0.1) is 3.82 Å². The fraction of sp³-hybridized carbons (Fsp3) is 0.172. The molecule has 0 bridgehead atoms. The molecule has 0 atom stereocenters. The summed E-state index contributed by atoms with van der Waals surface area (Å²) in [6.45, 7) is 3.29. The molecule has 11 heteroatoms. The molecule has 0 aliphatic heterocycles. The molecule has 0 N–H and O–H groups in total. The molecule has 0 amide bonds. The molecule has 0 fully saturated rings. The Morgan fingerprint density at radius 2 is 1.45 bits per heavy atom. The van der Waals surface area contributed by atoms with Gasteiger partial charge in [-0.1, -0.05) is 46.2 Å². The number of rotatable bonds is 10. The summed E-state index contributed by atoms with van der Waals surface area (Å²) in [7, 11) is 3.11. The molecule has 0 spiro atoms. The van der Waals surface area contributed by atoms with Gasteiger partial charge in [0, 0.05) is 18.2 Å². The number of nitrogens with zero attached hydrogens (tertiary/aromatic N) is 2. The average Bonchev–Trinajstić information content (AvgIpc) is 3.38. The zero-order chi connectivity index (χ0) is 28.5. The Hall–Kier alpha value is -4.06. The van der Waals surface area contributed by atoms with Crippen molar-refractivity contribution >= 4 is 62.2 Å². The van der Waals surface area contributed by atoms with E-state index >= 15 is 0 Å². The molecule has 0 aliphatic rings. The van der Waals surface area contributed by atoms with Gasteiger partial charge in [-0.25, -0.2) is 4.79 Å². The first kappa shape index (κ1) is 28.9. The van der Waals surface area contributed by atoms with Crippen molar-refractivity contribution in [1.29, 1.82) is 0 Å². The molecule has 4 rings (SSSR count). The minimum atomic E-state index is -0.708. The number of hydrogen-bond acceptors (Lipinski definition) is 11. The van der Waals surface area contributed by atoms with Crippen LogP contribution >= 0.6 is 32.9 Å². The second-order valence-electron chi connectivity index (χ2n) is 8.45. The van der Waals surface area contributed by atoms with Gasteiger partial charge in [-0.3, -0.25) is 9.59 Å². The fourth-order valence-corrected chi connectivity index (χ4v) is 5.81. The number of hydrogen-bond donors (Lipinski definition) is 0. The monoisotopic (exact) mass is 592 g/mol. The lowest BCUT2D eigenvalue weighted by molar-refractivity contribution is -0.134. The smallest absolute Gasteiger partial charge is 0.347 e. The predicted molar refractivity (Wildman–Crippen MR) is 157 cm³/mol. The Bertz CT molecular complexity index is 1590. The van der Waals surface area contributed by atoms with Crippen LogP contribution in [0.5, 0.6) is 17.2 Å². The highest BCUT2D eigenvalue weighted by Crippen LogP contribution is 2.32. The minimum absolute atomic E-state index is 0.0337. The molecule has 8 nitrogen and oxygen atoms in total. The third-order valence-electron chi connectivity index (χ3n) is 5.33. The maximum absolute atomic E-state index is 13.2. The largest absolute Gasteiger partial charge is 0.427 e. The van der Waals surface area contributed by atoms with Crippen LogP contribution in [0.25, 0.3) is 10.4 Å². The van der Waals surface area contributed by atoms with Gasteiger partial charge in [0.15, 0.2) is 0 Å². The quantitative estimate of drug-likeness (QED) is 0.0595. The van der Waals surface area contributed by atoms with Crippen molar-refractivity contribution in [2.45, 2.75) is 33.1 Å². The van der Waals surface area contributed by atoms with Crippen LogP contribution in [0.2, 0.25) is 0 Å². The van der Waals surface area contributed by atoms with E-state index in [2.05, 4.69) is 10.2 Å². The molecule has 1 heterocycles. The average molecular weight is 593 g/mol. The SMILES string of the molecule is CCCCC(=O)Oc1ccc(/N=N/c2ccc(OC(C)=O)cc2)cc1C(=O)Oc1ccc(-c2cc(=S)ss2)cc1. The lowest BCUT2D eigenvalue weighted by Gasteiger charge is -2.11. The predicted octanol–water partition coefficient (Wildman–Crippen LogP) is 8.86. The lowest BCUT2D eigenvalue weighted by atomic mass is 10.1. The molecular formula is C29H24N2O6S3. The normalized spacial score (nSPS) is 10.8. The number of unbranched alkanes of at least 4 members (excludes halogenated alkanes) is 1. The summed E-state index contributed by atoms with van der Waals surface area (Å²) >= 11 is 5.20. The van der Waals surface area contributed by atoms with Crippen LogP contribution in [-0.4, -0.2) is 17.9 Å². The van der Waals surface area contributed by atoms with Crippen molar-refractivity contribution in [3.63, 3.8) is 0 Å². The summed E-state index contributed by atoms with van der Waals surface area (Å²) in [5.74, 6) is -0.782. The molecule has 0 saturated carbocycles. The Kier molecular flexibility index (Phi) is 10.0. The highest BCUT2D eigenvalue weighted by Gasteiger charge is 2.19. The van der Waals surface area contributed by atoms with E-state index in [0.29, 0.717) is 29.3 Å². The van der Waals surface area contributed by atoms with Gasteiger partial charge in [-0.05, 0) is 84.8 Å². The van der Waals surface area contributed by atoms with E-state index in [1.165, 1.54) is 29.4 Å². The van der Waals surface area contributed by atoms with Crippen molar-refractivity contribution in [3.8, 4) is 27.7 Å². The summed E-state index contributed by atoms with van der Waals surface area (Å²) in [5, 5.41) is 8.37. The molecule has 0 aliphatic carbocycles. The van der Waals surface area contributed by atoms with Gasteiger partial charge in [0.1, 0.15) is 26.6 Å². The summed E-state index contributed by atoms with van der Waals surface area (Å²) in [6, 6.07) is 20.0. The van der Waals surface area contributed by atoms with Gasteiger partial charge in [-0.2, -0.15) is 10.2 Å². The molecule has 3 aromatic carbocycles. The molecular weight excluding hydrogens is 569 g/mol. The number of benzene rings is 3. The van der Waals surface area contributed by atoms with E-state index < -0.39 is 17.9 Å². The van der Waals surface area contributed by atoms with Gasteiger partial charge in [0.25, 0.3) is 0 Å². The van der Waals surface area contributed by atoms with Crippen LogP contribution in [-0.2, 0) is 9.59 Å². The molecule has 0 saturated heterocycles. The van der Waals surface area contributed by atoms with E-state index in [4.69, 9.17) is 26.4 Å². The summed E-state index contributed by atoms with van der Waals surface area (Å²) in [6.07, 6.45) is 1.74. The van der Waals surface area contributed by atoms with Crippen LogP contribution < -0.4 is 14.2 Å². The summed E-state index contributed by atoms with van der Waals surface area (Å²) < 4.78 is 16.9. The van der Waals surface area contributed by atoms with Crippen LogP contribution in [0.3, 0.4) is 0 Å². The highest BCUT2D eigenvalue weighted by atomic mass is 32.9. The lowest BCUT2D eigenvalue weighted by Crippen LogP contribution is -2.14. The maximum atomic E-state index is 13.2. The second kappa shape index (κ2) is 13.8. The van der Waals surface area contributed by atoms with E-state index in [-0.39, 0.29) is 17.7 Å². The Balaban J connectivity index is 1.55. The van der Waals surface area contributed by atoms with Crippen molar-refractivity contribution in [1.82, 2.24) is 0 Å². The summed E-state index contributed by atoms with van der Waals surface area (Å²) in [5.41, 5.74) is 1.85. The van der Waals surface area contributed by atoms with E-state index in [9.17, 15) is 14.4 Å². The van der Waals surface area contributed by atoms with Gasteiger partial charge >= 0.3 is 17.9 Å². The standard InChI is InChI=1S/C29H24N2O6S3/c1-3-4-5-27(33)37-25-15-10-21(31-30-20-8-13-22(14-9-20)35-18(2)32)16-24(25)29(34)36-23-11-6-19(7-12-23)26-17-28(38)40-39-26/h6-17H,3-5H2,1-2H3/b31-30+. The third-order valence-corrected chi connectivity index (χ3v) is 8.24. The van der Waals surface area contributed by atoms with Crippen LogP contribution in [0.15, 0.2) is 83.0 Å². The molecule has 1 aromatic heterocycles. The van der Waals surface area contributed by atoms with Gasteiger partial charge in [-0.15, -0.1) is 0 Å². The zero-order valence-electron chi connectivity index (χ0n) is 21.6. The van der Waals surface area contributed by atoms with Crippen molar-refractivity contribution in [2.24, 2.45) is 10.2 Å². The van der Waals surface area contributed by atoms with Gasteiger partial charge < -0.3 is 14.2 Å². The first-order chi connectivity index (χ1) is 19.3. The second-order valence-corrected chi connectivity index (χ2v) is 11.4. The molecule has 0 radical (unpaired) electrons. The minimum Gasteiger partial charge on any atom is -0.427 e. The van der Waals surface area contributed by atoms with Gasteiger partial charge in [0.05, 0.1) is 11.4 Å². The molecule has 0 unspecified atom stereocenters. The van der Waals surface area contributed by atoms with Crippen molar-refractivity contribution in [2.75, 3.05) is 0 Å². The maximum Gasteiger partial charge on any atom is 0.347 e. The Labute approximate surface area is 243 Å². The third kappa shape index (κ3) is 8.22. The zero-order valence-corrected chi connectivity index (χ0v) is 24.1. The van der Waals surface area contributed by atoms with E-state index in [1.54, 1.807) is 52.8 Å². The van der Waals surface area contributed by atoms with Crippen molar-refractivity contribution < 1.29 is 28.6 Å². The van der Waals surface area contributed by atoms with E-state index in [1.807, 2.05) is 25.1 Å². The van der Waals surface area contributed by atoms with Gasteiger partial charge in [0.2, 0.25) is 0 Å². The number of azo groups is 1. The Morgan fingerprint density at radius 1 is 0.800 bits per heavy atom. The topological polar surface area (TPSA) is 104 Å². The highest BCUT2D eigenvalue weighted by molar-refractivity contribution is 7.80. The first-order valence-corrected chi connectivity index (χ1v) is 14.8. The first-order valence-electron chi connectivity index (χ1n) is 12.3. The van der Waals surface area contributed by atoms with Crippen LogP contribution in [0.4, 0.5) is 11.4 Å². The van der Waals surface area contributed by atoms with E-state index in [0.717, 1.165) is 20.7 Å². The summed E-state index contributed by atoms with van der Waals surface area (Å²) in [4.78, 5) is 37.7. The van der Waals surface area contributed by atoms with Crippen LogP contribution in [0.1, 0.15) is 43.5 Å². The van der Waals surface area contributed by atoms with Crippen molar-refractivity contribution in [3.05, 3.63) is 82.2 Å². The Morgan fingerprint density at radius 3 is 2.10 bits per heavy atom. The molecule has 204 valence electrons. The molecule has 40 heavy (non-hydrogen) atoms. The number of carbonyl (C=O) groups excluding carboxylic acids is 3.